The van der Waals surface area contributed by atoms with Crippen LogP contribution in [0.1, 0.15) is 42.3 Å². The van der Waals surface area contributed by atoms with Crippen LogP contribution < -0.4 is 0 Å². The smallest absolute Gasteiger partial charge is 0.410 e. The van der Waals surface area contributed by atoms with E-state index in [0.29, 0.717) is 25.3 Å². The molecule has 1 amide bonds. The van der Waals surface area contributed by atoms with Gasteiger partial charge in [-0.3, -0.25) is 4.79 Å². The van der Waals surface area contributed by atoms with Crippen LogP contribution in [0.2, 0.25) is 0 Å². The summed E-state index contributed by atoms with van der Waals surface area (Å²) in [6.07, 6.45) is 0.522. The molecule has 3 rings (SSSR count). The molecule has 0 aliphatic carbocycles. The van der Waals surface area contributed by atoms with Crippen molar-refractivity contribution in [3.8, 4) is 0 Å². The molecule has 1 spiro atoms. The number of fused-ring (bicyclic) bond motifs is 2. The molecule has 112 valence electrons. The van der Waals surface area contributed by atoms with Crippen molar-refractivity contribution in [1.82, 2.24) is 4.90 Å². The standard InChI is InChI=1S/C16H19NO4/c1-15(2,3)21-14(19)17-9-16(10-17)13-5-4-11(7-18)6-12(13)8-20-16/h4-7H,8-10H2,1-3H3. The quantitative estimate of drug-likeness (QED) is 0.745. The lowest BCUT2D eigenvalue weighted by Crippen LogP contribution is -2.61. The first-order chi connectivity index (χ1) is 9.83. The number of benzene rings is 1. The molecule has 0 radical (unpaired) electrons. The average molecular weight is 289 g/mol. The summed E-state index contributed by atoms with van der Waals surface area (Å²) in [6.45, 7) is 7.03. The van der Waals surface area contributed by atoms with Crippen LogP contribution in [0.5, 0.6) is 0 Å². The van der Waals surface area contributed by atoms with E-state index in [1.54, 1.807) is 11.0 Å². The molecular weight excluding hydrogens is 270 g/mol. The Kier molecular flexibility index (Phi) is 3.06. The molecule has 0 aromatic heterocycles. The van der Waals surface area contributed by atoms with Gasteiger partial charge in [0.25, 0.3) is 0 Å². The summed E-state index contributed by atoms with van der Waals surface area (Å²) in [5, 5.41) is 0. The summed E-state index contributed by atoms with van der Waals surface area (Å²) in [7, 11) is 0. The zero-order valence-electron chi connectivity index (χ0n) is 12.5. The van der Waals surface area contributed by atoms with Gasteiger partial charge < -0.3 is 14.4 Å². The molecule has 5 nitrogen and oxygen atoms in total. The Bertz CT molecular complexity index is 597. The number of carbonyl (C=O) groups is 2. The first kappa shape index (κ1) is 14.1. The van der Waals surface area contributed by atoms with Crippen LogP contribution in [0, 0.1) is 0 Å². The van der Waals surface area contributed by atoms with Gasteiger partial charge in [-0.1, -0.05) is 12.1 Å². The lowest BCUT2D eigenvalue weighted by molar-refractivity contribution is -0.137. The maximum atomic E-state index is 12.0. The van der Waals surface area contributed by atoms with E-state index < -0.39 is 11.2 Å². The maximum absolute atomic E-state index is 12.0. The molecule has 1 aromatic rings. The average Bonchev–Trinajstić information content (AvgIpc) is 2.73. The number of hydrogen-bond donors (Lipinski definition) is 0. The zero-order chi connectivity index (χ0) is 15.3. The van der Waals surface area contributed by atoms with Gasteiger partial charge in [-0.05, 0) is 38.0 Å². The Morgan fingerprint density at radius 1 is 1.38 bits per heavy atom. The van der Waals surface area contributed by atoms with E-state index >= 15 is 0 Å². The Morgan fingerprint density at radius 3 is 2.71 bits per heavy atom. The number of likely N-dealkylation sites (tertiary alicyclic amines) is 1. The number of nitrogens with zero attached hydrogens (tertiary/aromatic N) is 1. The SMILES string of the molecule is CC(C)(C)OC(=O)N1CC2(C1)OCc1cc(C=O)ccc12. The first-order valence-corrected chi connectivity index (χ1v) is 7.03. The van der Waals surface area contributed by atoms with Crippen molar-refractivity contribution < 1.29 is 19.1 Å². The Balaban J connectivity index is 1.72. The van der Waals surface area contributed by atoms with E-state index in [4.69, 9.17) is 9.47 Å². The molecule has 1 fully saturated rings. The highest BCUT2D eigenvalue weighted by atomic mass is 16.6. The van der Waals surface area contributed by atoms with Crippen LogP contribution in [0.25, 0.3) is 0 Å². The minimum Gasteiger partial charge on any atom is -0.444 e. The Hall–Kier alpha value is -1.88. The summed E-state index contributed by atoms with van der Waals surface area (Å²) in [5.41, 5.74) is 1.84. The second kappa shape index (κ2) is 4.56. The van der Waals surface area contributed by atoms with Crippen LogP contribution in [0.3, 0.4) is 0 Å². The van der Waals surface area contributed by atoms with Gasteiger partial charge in [0, 0.05) is 5.56 Å². The predicted octanol–water partition coefficient (Wildman–Crippen LogP) is 2.48. The van der Waals surface area contributed by atoms with E-state index in [1.807, 2.05) is 32.9 Å². The lowest BCUT2D eigenvalue weighted by atomic mass is 9.85. The van der Waals surface area contributed by atoms with Crippen molar-refractivity contribution >= 4 is 12.4 Å². The Labute approximate surface area is 123 Å². The number of hydrogen-bond acceptors (Lipinski definition) is 4. The van der Waals surface area contributed by atoms with Gasteiger partial charge in [0.05, 0.1) is 19.7 Å². The van der Waals surface area contributed by atoms with Gasteiger partial charge in [-0.15, -0.1) is 0 Å². The van der Waals surface area contributed by atoms with Crippen molar-refractivity contribution in [2.75, 3.05) is 13.1 Å². The molecule has 0 unspecified atom stereocenters. The van der Waals surface area contributed by atoms with E-state index in [-0.39, 0.29) is 6.09 Å². The van der Waals surface area contributed by atoms with Crippen molar-refractivity contribution in [2.24, 2.45) is 0 Å². The molecule has 0 N–H and O–H groups in total. The molecule has 2 aliphatic rings. The third kappa shape index (κ3) is 2.42. The molecular formula is C16H19NO4. The highest BCUT2D eigenvalue weighted by molar-refractivity contribution is 5.76. The van der Waals surface area contributed by atoms with Crippen LogP contribution in [-0.4, -0.2) is 36.0 Å². The summed E-state index contributed by atoms with van der Waals surface area (Å²) >= 11 is 0. The number of amides is 1. The van der Waals surface area contributed by atoms with Crippen LogP contribution >= 0.6 is 0 Å². The van der Waals surface area contributed by atoms with E-state index in [1.165, 1.54) is 0 Å². The van der Waals surface area contributed by atoms with Gasteiger partial charge >= 0.3 is 6.09 Å². The highest BCUT2D eigenvalue weighted by Gasteiger charge is 2.52. The first-order valence-electron chi connectivity index (χ1n) is 7.03. The second-order valence-corrected chi connectivity index (χ2v) is 6.65. The molecule has 2 heterocycles. The summed E-state index contributed by atoms with van der Waals surface area (Å²) in [4.78, 5) is 24.5. The predicted molar refractivity (Wildman–Crippen MR) is 76.1 cm³/mol. The van der Waals surface area contributed by atoms with Gasteiger partial charge in [-0.25, -0.2) is 4.79 Å². The number of aldehydes is 1. The van der Waals surface area contributed by atoms with Crippen molar-refractivity contribution in [2.45, 2.75) is 38.6 Å². The maximum Gasteiger partial charge on any atom is 0.410 e. The molecule has 0 bridgehead atoms. The minimum atomic E-state index is -0.493. The van der Waals surface area contributed by atoms with Crippen molar-refractivity contribution in [3.05, 3.63) is 34.9 Å². The second-order valence-electron chi connectivity index (χ2n) is 6.65. The van der Waals surface area contributed by atoms with Crippen LogP contribution in [0.15, 0.2) is 18.2 Å². The molecule has 5 heteroatoms. The molecule has 2 aliphatic heterocycles. The molecule has 0 saturated carbocycles. The van der Waals surface area contributed by atoms with Gasteiger partial charge in [0.2, 0.25) is 0 Å². The van der Waals surface area contributed by atoms with Crippen LogP contribution in [-0.2, 0) is 21.7 Å². The number of ether oxygens (including phenoxy) is 2. The van der Waals surface area contributed by atoms with E-state index in [0.717, 1.165) is 17.4 Å². The number of rotatable bonds is 1. The lowest BCUT2D eigenvalue weighted by Gasteiger charge is -2.47. The third-order valence-electron chi connectivity index (χ3n) is 3.80. The monoisotopic (exact) mass is 289 g/mol. The van der Waals surface area contributed by atoms with Crippen molar-refractivity contribution in [3.63, 3.8) is 0 Å². The topological polar surface area (TPSA) is 55.8 Å². The van der Waals surface area contributed by atoms with Gasteiger partial charge in [0.15, 0.2) is 0 Å². The molecule has 21 heavy (non-hydrogen) atoms. The summed E-state index contributed by atoms with van der Waals surface area (Å²) in [5.74, 6) is 0. The molecule has 0 atom stereocenters. The minimum absolute atomic E-state index is 0.310. The highest BCUT2D eigenvalue weighted by Crippen LogP contribution is 2.43. The van der Waals surface area contributed by atoms with E-state index in [9.17, 15) is 9.59 Å². The van der Waals surface area contributed by atoms with Crippen LogP contribution in [0.4, 0.5) is 4.79 Å². The van der Waals surface area contributed by atoms with Gasteiger partial charge in [-0.2, -0.15) is 0 Å². The normalized spacial score (nSPS) is 19.1. The summed E-state index contributed by atoms with van der Waals surface area (Å²) < 4.78 is 11.2. The number of carbonyl (C=O) groups excluding carboxylic acids is 2. The zero-order valence-corrected chi connectivity index (χ0v) is 12.5. The van der Waals surface area contributed by atoms with E-state index in [2.05, 4.69) is 0 Å². The fraction of sp³-hybridized carbons (Fsp3) is 0.500. The fourth-order valence-corrected chi connectivity index (χ4v) is 2.83. The Morgan fingerprint density at radius 2 is 2.10 bits per heavy atom. The fourth-order valence-electron chi connectivity index (χ4n) is 2.83. The van der Waals surface area contributed by atoms with Gasteiger partial charge in [0.1, 0.15) is 17.5 Å². The molecule has 1 aromatic carbocycles. The largest absolute Gasteiger partial charge is 0.444 e. The molecule has 1 saturated heterocycles. The van der Waals surface area contributed by atoms with Crippen molar-refractivity contribution in [1.29, 1.82) is 0 Å². The third-order valence-corrected chi connectivity index (χ3v) is 3.80. The summed E-state index contributed by atoms with van der Waals surface area (Å²) in [6, 6.07) is 5.57.